The number of hydrogen-bond acceptors (Lipinski definition) is 2. The molecule has 4 heteroatoms. The molecule has 1 fully saturated rings. The van der Waals surface area contributed by atoms with Gasteiger partial charge in [0.2, 0.25) is 10.0 Å². The first-order valence-electron chi connectivity index (χ1n) is 6.79. The van der Waals surface area contributed by atoms with E-state index in [0.717, 1.165) is 16.7 Å². The average Bonchev–Trinajstić information content (AvgIpc) is 3.01. The molecule has 2 rings (SSSR count). The van der Waals surface area contributed by atoms with Crippen molar-refractivity contribution >= 4 is 10.0 Å². The standard InChI is InChI=1S/C16H21NO2S/c1-7-14-15(10(2)3)17(14)20(18,19)16-12(5)8-11(4)9-13(16)6/h1,8-10,14-15H,2-6H3/t14-,15+,17?/m0/s1. The van der Waals surface area contributed by atoms with Gasteiger partial charge in [-0.1, -0.05) is 37.5 Å². The maximum Gasteiger partial charge on any atom is 0.245 e. The van der Waals surface area contributed by atoms with Crippen molar-refractivity contribution in [1.82, 2.24) is 4.31 Å². The van der Waals surface area contributed by atoms with Crippen molar-refractivity contribution in [3.63, 3.8) is 0 Å². The largest absolute Gasteiger partial charge is 0.245 e. The second-order valence-electron chi connectivity index (χ2n) is 5.91. The molecule has 20 heavy (non-hydrogen) atoms. The molecule has 1 saturated heterocycles. The number of nitrogens with zero attached hydrogens (tertiary/aromatic N) is 1. The van der Waals surface area contributed by atoms with Gasteiger partial charge in [0.15, 0.2) is 0 Å². The fourth-order valence-corrected chi connectivity index (χ4v) is 5.30. The molecule has 0 amide bonds. The molecule has 1 unspecified atom stereocenters. The molecule has 1 heterocycles. The molecule has 3 atom stereocenters. The van der Waals surface area contributed by atoms with E-state index in [2.05, 4.69) is 5.92 Å². The summed E-state index contributed by atoms with van der Waals surface area (Å²) in [6.07, 6.45) is 5.47. The van der Waals surface area contributed by atoms with Crippen molar-refractivity contribution in [3.05, 3.63) is 28.8 Å². The smallest absolute Gasteiger partial charge is 0.207 e. The van der Waals surface area contributed by atoms with Gasteiger partial charge in [0, 0.05) is 0 Å². The van der Waals surface area contributed by atoms with E-state index in [1.165, 1.54) is 4.31 Å². The van der Waals surface area contributed by atoms with Crippen molar-refractivity contribution in [1.29, 1.82) is 0 Å². The van der Waals surface area contributed by atoms with Crippen molar-refractivity contribution in [3.8, 4) is 12.3 Å². The Hall–Kier alpha value is -1.31. The van der Waals surface area contributed by atoms with E-state index in [-0.39, 0.29) is 18.0 Å². The van der Waals surface area contributed by atoms with Crippen molar-refractivity contribution in [2.45, 2.75) is 51.6 Å². The lowest BCUT2D eigenvalue weighted by molar-refractivity contribution is 0.517. The van der Waals surface area contributed by atoms with Gasteiger partial charge in [-0.2, -0.15) is 4.31 Å². The number of sulfonamides is 1. The third-order valence-corrected chi connectivity index (χ3v) is 5.98. The van der Waals surface area contributed by atoms with Crippen LogP contribution in [0.1, 0.15) is 30.5 Å². The summed E-state index contributed by atoms with van der Waals surface area (Å²) in [5, 5.41) is 0. The first kappa shape index (κ1) is 15.1. The van der Waals surface area contributed by atoms with Crippen LogP contribution in [0.2, 0.25) is 0 Å². The number of terminal acetylenes is 1. The highest BCUT2D eigenvalue weighted by Gasteiger charge is 2.56. The van der Waals surface area contributed by atoms with Gasteiger partial charge in [0.25, 0.3) is 0 Å². The number of rotatable bonds is 3. The van der Waals surface area contributed by atoms with E-state index in [0.29, 0.717) is 4.90 Å². The summed E-state index contributed by atoms with van der Waals surface area (Å²) in [4.78, 5) is 0.409. The van der Waals surface area contributed by atoms with Crippen LogP contribution < -0.4 is 0 Å². The molecule has 0 spiro atoms. The van der Waals surface area contributed by atoms with Crippen LogP contribution in [0.4, 0.5) is 0 Å². The fraction of sp³-hybridized carbons (Fsp3) is 0.500. The summed E-state index contributed by atoms with van der Waals surface area (Å²) >= 11 is 0. The van der Waals surface area contributed by atoms with Crippen LogP contribution in [0.15, 0.2) is 17.0 Å². The highest BCUT2D eigenvalue weighted by Crippen LogP contribution is 2.41. The molecule has 0 aliphatic carbocycles. The third-order valence-electron chi connectivity index (χ3n) is 3.80. The Labute approximate surface area is 122 Å². The molecular weight excluding hydrogens is 270 g/mol. The third kappa shape index (κ3) is 2.25. The lowest BCUT2D eigenvalue weighted by Gasteiger charge is -2.14. The van der Waals surface area contributed by atoms with Crippen LogP contribution in [0.5, 0.6) is 0 Å². The van der Waals surface area contributed by atoms with Crippen LogP contribution in [-0.2, 0) is 10.0 Å². The first-order chi connectivity index (χ1) is 9.21. The van der Waals surface area contributed by atoms with Crippen LogP contribution >= 0.6 is 0 Å². The van der Waals surface area contributed by atoms with Gasteiger partial charge in [-0.05, 0) is 37.8 Å². The molecule has 0 bridgehead atoms. The summed E-state index contributed by atoms with van der Waals surface area (Å²) in [7, 11) is -3.51. The minimum absolute atomic E-state index is 0.0786. The molecule has 108 valence electrons. The van der Waals surface area contributed by atoms with Gasteiger partial charge < -0.3 is 0 Å². The highest BCUT2D eigenvalue weighted by atomic mass is 32.2. The zero-order valence-corrected chi connectivity index (χ0v) is 13.5. The molecule has 3 nitrogen and oxygen atoms in total. The van der Waals surface area contributed by atoms with Gasteiger partial charge in [0.05, 0.1) is 10.9 Å². The van der Waals surface area contributed by atoms with Crippen molar-refractivity contribution in [2.24, 2.45) is 5.92 Å². The molecule has 1 aromatic rings. The Bertz CT molecular complexity index is 660. The van der Waals surface area contributed by atoms with Gasteiger partial charge in [-0.15, -0.1) is 6.42 Å². The molecule has 1 aromatic carbocycles. The first-order valence-corrected chi connectivity index (χ1v) is 8.23. The quantitative estimate of drug-likeness (QED) is 0.634. The zero-order chi connectivity index (χ0) is 15.2. The summed E-state index contributed by atoms with van der Waals surface area (Å²) in [5.41, 5.74) is 2.64. The maximum atomic E-state index is 12.9. The Morgan fingerprint density at radius 2 is 1.70 bits per heavy atom. The topological polar surface area (TPSA) is 37.1 Å². The number of hydrogen-bond donors (Lipinski definition) is 0. The number of benzene rings is 1. The summed E-state index contributed by atoms with van der Waals surface area (Å²) < 4.78 is 27.2. The van der Waals surface area contributed by atoms with E-state index in [1.807, 2.05) is 46.8 Å². The average molecular weight is 291 g/mol. The van der Waals surface area contributed by atoms with Crippen molar-refractivity contribution < 1.29 is 8.42 Å². The van der Waals surface area contributed by atoms with Crippen LogP contribution in [-0.4, -0.2) is 24.8 Å². The second-order valence-corrected chi connectivity index (χ2v) is 7.69. The van der Waals surface area contributed by atoms with E-state index in [1.54, 1.807) is 0 Å². The Balaban J connectivity index is 2.51. The fourth-order valence-electron chi connectivity index (χ4n) is 3.05. The highest BCUT2D eigenvalue weighted by molar-refractivity contribution is 7.89. The van der Waals surface area contributed by atoms with E-state index < -0.39 is 10.0 Å². The zero-order valence-electron chi connectivity index (χ0n) is 12.6. The van der Waals surface area contributed by atoms with Gasteiger partial charge in [0.1, 0.15) is 6.04 Å². The van der Waals surface area contributed by atoms with E-state index >= 15 is 0 Å². The van der Waals surface area contributed by atoms with Crippen molar-refractivity contribution in [2.75, 3.05) is 0 Å². The second kappa shape index (κ2) is 4.91. The maximum absolute atomic E-state index is 12.9. The lowest BCUT2D eigenvalue weighted by Crippen LogP contribution is -2.19. The molecular formula is C16H21NO2S. The summed E-state index contributed by atoms with van der Waals surface area (Å²) in [6, 6.07) is 3.42. The Morgan fingerprint density at radius 3 is 2.05 bits per heavy atom. The van der Waals surface area contributed by atoms with Crippen LogP contribution in [0.3, 0.4) is 0 Å². The minimum Gasteiger partial charge on any atom is -0.207 e. The summed E-state index contributed by atoms with van der Waals surface area (Å²) in [6.45, 7) is 9.64. The lowest BCUT2D eigenvalue weighted by atomic mass is 10.1. The number of aryl methyl sites for hydroxylation is 3. The molecule has 0 aromatic heterocycles. The van der Waals surface area contributed by atoms with Gasteiger partial charge in [-0.3, -0.25) is 0 Å². The van der Waals surface area contributed by atoms with E-state index in [4.69, 9.17) is 6.42 Å². The molecule has 0 saturated carbocycles. The SMILES string of the molecule is C#C[C@H]1[C@@H](C(C)C)N1S(=O)(=O)c1c(C)cc(C)cc1C. The summed E-state index contributed by atoms with van der Waals surface area (Å²) in [5.74, 6) is 2.81. The minimum atomic E-state index is -3.51. The van der Waals surface area contributed by atoms with Crippen LogP contribution in [0, 0.1) is 39.0 Å². The van der Waals surface area contributed by atoms with Gasteiger partial charge in [-0.25, -0.2) is 8.42 Å². The monoisotopic (exact) mass is 291 g/mol. The molecule has 0 N–H and O–H groups in total. The van der Waals surface area contributed by atoms with Crippen LogP contribution in [0.25, 0.3) is 0 Å². The van der Waals surface area contributed by atoms with E-state index in [9.17, 15) is 8.42 Å². The van der Waals surface area contributed by atoms with Gasteiger partial charge >= 0.3 is 0 Å². The molecule has 0 radical (unpaired) electrons. The Morgan fingerprint density at radius 1 is 1.20 bits per heavy atom. The predicted octanol–water partition coefficient (Wildman–Crippen LogP) is 2.64. The molecule has 1 aliphatic heterocycles. The molecule has 1 aliphatic rings. The normalized spacial score (nSPS) is 25.6. The Kier molecular flexibility index (Phi) is 3.70. The predicted molar refractivity (Wildman–Crippen MR) is 80.9 cm³/mol.